The number of anilines is 1. The van der Waals surface area contributed by atoms with E-state index in [1.54, 1.807) is 18.4 Å². The normalized spacial score (nSPS) is 15.5. The molecule has 0 saturated carbocycles. The van der Waals surface area contributed by atoms with Crippen molar-refractivity contribution in [3.05, 3.63) is 64.6 Å². The second kappa shape index (κ2) is 10.3. The van der Waals surface area contributed by atoms with E-state index in [-0.39, 0.29) is 12.5 Å². The van der Waals surface area contributed by atoms with Crippen LogP contribution in [0, 0.1) is 5.41 Å². The van der Waals surface area contributed by atoms with Crippen LogP contribution < -0.4 is 15.4 Å². The summed E-state index contributed by atoms with van der Waals surface area (Å²) in [4.78, 5) is 19.1. The first-order valence-corrected chi connectivity index (χ1v) is 13.6. The summed E-state index contributed by atoms with van der Waals surface area (Å²) in [5, 5.41) is 16.5. The SMILES string of the molecule is CC(C)(O)COc1cc(N2CCC(C)(C(N)=O)CC2)n2nc(-c3ccccc3Cl)c(-c3ccc(Cl)cc3)c2n1. The lowest BCUT2D eigenvalue weighted by molar-refractivity contribution is -0.127. The van der Waals surface area contributed by atoms with Gasteiger partial charge in [-0.15, -0.1) is 0 Å². The van der Waals surface area contributed by atoms with E-state index < -0.39 is 11.0 Å². The van der Waals surface area contributed by atoms with Crippen LogP contribution in [0.1, 0.15) is 33.6 Å². The third-order valence-electron chi connectivity index (χ3n) is 7.17. The molecule has 0 bridgehead atoms. The van der Waals surface area contributed by atoms with Crippen molar-refractivity contribution in [2.75, 3.05) is 24.6 Å². The number of nitrogens with two attached hydrogens (primary N) is 1. The van der Waals surface area contributed by atoms with Crippen molar-refractivity contribution in [3.63, 3.8) is 0 Å². The highest BCUT2D eigenvalue weighted by Gasteiger charge is 2.36. The van der Waals surface area contributed by atoms with Crippen molar-refractivity contribution in [2.45, 2.75) is 39.2 Å². The van der Waals surface area contributed by atoms with E-state index >= 15 is 0 Å². The third-order valence-corrected chi connectivity index (χ3v) is 7.75. The second-order valence-electron chi connectivity index (χ2n) is 10.9. The van der Waals surface area contributed by atoms with Crippen molar-refractivity contribution in [3.8, 4) is 28.3 Å². The molecule has 10 heteroatoms. The van der Waals surface area contributed by atoms with Crippen LogP contribution in [0.2, 0.25) is 10.0 Å². The predicted molar refractivity (Wildman–Crippen MR) is 154 cm³/mol. The Morgan fingerprint density at radius 2 is 1.79 bits per heavy atom. The smallest absolute Gasteiger partial charge is 0.223 e. The van der Waals surface area contributed by atoms with Gasteiger partial charge < -0.3 is 20.5 Å². The van der Waals surface area contributed by atoms with E-state index in [2.05, 4.69) is 4.90 Å². The summed E-state index contributed by atoms with van der Waals surface area (Å²) in [5.41, 5.74) is 7.72. The zero-order valence-electron chi connectivity index (χ0n) is 22.1. The highest BCUT2D eigenvalue weighted by atomic mass is 35.5. The van der Waals surface area contributed by atoms with Gasteiger partial charge in [0.2, 0.25) is 11.8 Å². The van der Waals surface area contributed by atoms with Crippen molar-refractivity contribution in [1.82, 2.24) is 14.6 Å². The molecule has 2 aromatic heterocycles. The molecule has 0 unspecified atom stereocenters. The Morgan fingerprint density at radius 1 is 1.13 bits per heavy atom. The molecule has 1 fully saturated rings. The molecule has 0 atom stereocenters. The lowest BCUT2D eigenvalue weighted by atomic mass is 9.80. The van der Waals surface area contributed by atoms with Crippen LogP contribution in [0.3, 0.4) is 0 Å². The number of hydrogen-bond donors (Lipinski definition) is 2. The van der Waals surface area contributed by atoms with E-state index in [1.165, 1.54) is 0 Å². The zero-order chi connectivity index (χ0) is 27.9. The maximum absolute atomic E-state index is 12.1. The fourth-order valence-corrected chi connectivity index (χ4v) is 5.08. The quantitative estimate of drug-likeness (QED) is 0.300. The number of fused-ring (bicyclic) bond motifs is 1. The number of carbonyl (C=O) groups is 1. The van der Waals surface area contributed by atoms with Gasteiger partial charge in [-0.25, -0.2) is 0 Å². The van der Waals surface area contributed by atoms with Crippen LogP contribution in [0.4, 0.5) is 5.82 Å². The molecular weight excluding hydrogens is 537 g/mol. The van der Waals surface area contributed by atoms with Gasteiger partial charge >= 0.3 is 0 Å². The fourth-order valence-electron chi connectivity index (χ4n) is 4.73. The second-order valence-corrected chi connectivity index (χ2v) is 11.8. The first-order valence-electron chi connectivity index (χ1n) is 12.8. The molecule has 3 N–H and O–H groups in total. The largest absolute Gasteiger partial charge is 0.474 e. The number of aromatic nitrogens is 3. The molecule has 0 radical (unpaired) electrons. The average Bonchev–Trinajstić information content (AvgIpc) is 3.27. The van der Waals surface area contributed by atoms with Crippen molar-refractivity contribution in [1.29, 1.82) is 0 Å². The lowest BCUT2D eigenvalue weighted by Gasteiger charge is -2.38. The summed E-state index contributed by atoms with van der Waals surface area (Å²) in [6.45, 7) is 6.51. The van der Waals surface area contributed by atoms with E-state index in [0.29, 0.717) is 53.2 Å². The number of primary amides is 1. The predicted octanol–water partition coefficient (Wildman–Crippen LogP) is 5.61. The Bertz CT molecular complexity index is 1520. The van der Waals surface area contributed by atoms with Crippen LogP contribution >= 0.6 is 23.2 Å². The summed E-state index contributed by atoms with van der Waals surface area (Å²) in [6.07, 6.45) is 1.21. The van der Waals surface area contributed by atoms with Crippen molar-refractivity contribution < 1.29 is 14.6 Å². The maximum atomic E-state index is 12.1. The van der Waals surface area contributed by atoms with Gasteiger partial charge in [0.15, 0.2) is 5.65 Å². The molecule has 0 aliphatic carbocycles. The molecule has 1 aliphatic heterocycles. The molecule has 5 rings (SSSR count). The van der Waals surface area contributed by atoms with Gasteiger partial charge in [0.1, 0.15) is 18.1 Å². The average molecular weight is 569 g/mol. The molecule has 8 nitrogen and oxygen atoms in total. The van der Waals surface area contributed by atoms with Gasteiger partial charge in [0.05, 0.1) is 16.2 Å². The van der Waals surface area contributed by atoms with Crippen molar-refractivity contribution in [2.24, 2.45) is 11.1 Å². The molecular formula is C29H31Cl2N5O3. The number of hydrogen-bond acceptors (Lipinski definition) is 6. The van der Waals surface area contributed by atoms with E-state index in [4.69, 9.17) is 43.8 Å². The van der Waals surface area contributed by atoms with E-state index in [0.717, 1.165) is 22.5 Å². The van der Waals surface area contributed by atoms with Crippen LogP contribution in [-0.4, -0.2) is 50.9 Å². The first kappa shape index (κ1) is 27.2. The van der Waals surface area contributed by atoms with Crippen LogP contribution in [-0.2, 0) is 4.79 Å². The Morgan fingerprint density at radius 3 is 2.41 bits per heavy atom. The highest BCUT2D eigenvalue weighted by molar-refractivity contribution is 6.33. The summed E-state index contributed by atoms with van der Waals surface area (Å²) in [5.74, 6) is 0.816. The minimum Gasteiger partial charge on any atom is -0.474 e. The Labute approximate surface area is 237 Å². The number of amides is 1. The van der Waals surface area contributed by atoms with Crippen LogP contribution in [0.25, 0.3) is 28.0 Å². The van der Waals surface area contributed by atoms with Gasteiger partial charge in [0.25, 0.3) is 0 Å². The molecule has 39 heavy (non-hydrogen) atoms. The molecule has 4 aromatic rings. The highest BCUT2D eigenvalue weighted by Crippen LogP contribution is 2.41. The maximum Gasteiger partial charge on any atom is 0.223 e. The van der Waals surface area contributed by atoms with E-state index in [9.17, 15) is 9.90 Å². The minimum absolute atomic E-state index is 0.0527. The van der Waals surface area contributed by atoms with E-state index in [1.807, 2.05) is 61.5 Å². The molecule has 1 saturated heterocycles. The number of ether oxygens (including phenoxy) is 1. The summed E-state index contributed by atoms with van der Waals surface area (Å²) in [7, 11) is 0. The van der Waals surface area contributed by atoms with Gasteiger partial charge in [-0.2, -0.15) is 14.6 Å². The van der Waals surface area contributed by atoms with Gasteiger partial charge in [0, 0.05) is 35.2 Å². The first-order chi connectivity index (χ1) is 18.4. The zero-order valence-corrected chi connectivity index (χ0v) is 23.6. The number of aliphatic hydroxyl groups is 1. The van der Waals surface area contributed by atoms with Crippen LogP contribution in [0.5, 0.6) is 5.88 Å². The van der Waals surface area contributed by atoms with Gasteiger partial charge in [-0.3, -0.25) is 4.79 Å². The number of benzene rings is 2. The Hall–Kier alpha value is -3.33. The number of piperidine rings is 1. The molecule has 1 amide bonds. The molecule has 0 spiro atoms. The van der Waals surface area contributed by atoms with Gasteiger partial charge in [-0.05, 0) is 50.5 Å². The molecule has 204 valence electrons. The standard InChI is InChI=1S/C29H31Cl2N5O3/c1-28(2,38)17-39-22-16-23(35-14-12-29(3,13-15-35)27(32)37)36-26(33-22)24(18-8-10-19(30)11-9-18)25(34-36)20-6-4-5-7-21(20)31/h4-11,16,38H,12-15,17H2,1-3H3,(H2,32,37). The Kier molecular flexibility index (Phi) is 7.22. The molecule has 1 aliphatic rings. The number of rotatable bonds is 7. The van der Waals surface area contributed by atoms with Gasteiger partial charge in [-0.1, -0.05) is 60.5 Å². The summed E-state index contributed by atoms with van der Waals surface area (Å²) < 4.78 is 7.79. The number of nitrogens with zero attached hydrogens (tertiary/aromatic N) is 4. The van der Waals surface area contributed by atoms with Crippen molar-refractivity contribution >= 4 is 40.6 Å². The summed E-state index contributed by atoms with van der Waals surface area (Å²) >= 11 is 12.9. The minimum atomic E-state index is -1.05. The van der Waals surface area contributed by atoms with Crippen LogP contribution in [0.15, 0.2) is 54.6 Å². The fraction of sp³-hybridized carbons (Fsp3) is 0.345. The monoisotopic (exact) mass is 567 g/mol. The number of carbonyl (C=O) groups excluding carboxylic acids is 1. The topological polar surface area (TPSA) is 106 Å². The molecule has 2 aromatic carbocycles. The lowest BCUT2D eigenvalue weighted by Crippen LogP contribution is -2.46. The molecule has 3 heterocycles. The Balaban J connectivity index is 1.73. The number of halogens is 2. The third kappa shape index (κ3) is 5.55. The summed E-state index contributed by atoms with van der Waals surface area (Å²) in [6, 6.07) is 16.8.